The fourth-order valence-electron chi connectivity index (χ4n) is 1.25. The lowest BCUT2D eigenvalue weighted by Gasteiger charge is -2.22. The van der Waals surface area contributed by atoms with E-state index in [1.54, 1.807) is 0 Å². The number of carboxylic acids is 1. The number of aliphatic hydroxyl groups is 5. The van der Waals surface area contributed by atoms with Crippen LogP contribution in [0.4, 0.5) is 0 Å². The van der Waals surface area contributed by atoms with Crippen molar-refractivity contribution in [1.29, 1.82) is 0 Å². The van der Waals surface area contributed by atoms with E-state index < -0.39 is 43.0 Å². The minimum atomic E-state index is -1.79. The topological polar surface area (TPSA) is 208 Å². The van der Waals surface area contributed by atoms with Crippen molar-refractivity contribution >= 4 is 12.3 Å². The highest BCUT2D eigenvalue weighted by atomic mass is 16.4. The Kier molecular flexibility index (Phi) is 14.2. The summed E-state index contributed by atoms with van der Waals surface area (Å²) < 4.78 is 0. The van der Waals surface area contributed by atoms with E-state index in [0.29, 0.717) is 13.0 Å². The number of carboxylic acid groups (broad SMARTS) is 1. The third-order valence-corrected chi connectivity index (χ3v) is 2.71. The molecule has 0 radical (unpaired) electrons. The number of carbonyl (C=O) groups is 2. The van der Waals surface area contributed by atoms with Gasteiger partial charge < -0.3 is 46.9 Å². The quantitative estimate of drug-likeness (QED) is 0.145. The van der Waals surface area contributed by atoms with Crippen molar-refractivity contribution in [2.24, 2.45) is 11.5 Å². The Morgan fingerprint density at radius 2 is 1.64 bits per heavy atom. The van der Waals surface area contributed by atoms with Gasteiger partial charge >= 0.3 is 5.97 Å². The smallest absolute Gasteiger partial charge is 0.320 e. The maximum Gasteiger partial charge on any atom is 0.320 e. The zero-order chi connectivity index (χ0) is 17.7. The molecule has 0 bridgehead atoms. The lowest BCUT2D eigenvalue weighted by atomic mass is 10.0. The molecule has 5 atom stereocenters. The minimum Gasteiger partial charge on any atom is -0.480 e. The van der Waals surface area contributed by atoms with Gasteiger partial charge in [0, 0.05) is 0 Å². The summed E-state index contributed by atoms with van der Waals surface area (Å²) in [6, 6.07) is -0.716. The van der Waals surface area contributed by atoms with Crippen molar-refractivity contribution in [1.82, 2.24) is 0 Å². The Morgan fingerprint density at radius 3 is 2.00 bits per heavy atom. The highest BCUT2D eigenvalue weighted by molar-refractivity contribution is 5.72. The molecule has 10 heteroatoms. The van der Waals surface area contributed by atoms with E-state index in [4.69, 9.17) is 42.1 Å². The number of aliphatic hydroxyl groups excluding tert-OH is 5. The van der Waals surface area contributed by atoms with Crippen molar-refractivity contribution in [2.45, 2.75) is 49.7 Å². The van der Waals surface area contributed by atoms with Gasteiger partial charge in [-0.3, -0.25) is 4.79 Å². The Bertz CT molecular complexity index is 305. The van der Waals surface area contributed by atoms with E-state index in [1.807, 2.05) is 0 Å². The molecule has 22 heavy (non-hydrogen) atoms. The third-order valence-electron chi connectivity index (χ3n) is 2.71. The fraction of sp³-hybridized carbons (Fsp3) is 0.833. The first-order valence-corrected chi connectivity index (χ1v) is 6.69. The molecule has 0 amide bonds. The maximum absolute atomic E-state index is 10.1. The lowest BCUT2D eigenvalue weighted by Crippen LogP contribution is -2.46. The number of hydrogen-bond acceptors (Lipinski definition) is 9. The van der Waals surface area contributed by atoms with Crippen LogP contribution in [0.1, 0.15) is 19.3 Å². The fourth-order valence-corrected chi connectivity index (χ4v) is 1.25. The zero-order valence-electron chi connectivity index (χ0n) is 12.2. The van der Waals surface area contributed by atoms with Crippen molar-refractivity contribution in [3.8, 4) is 0 Å². The van der Waals surface area contributed by atoms with Crippen LogP contribution in [0.2, 0.25) is 0 Å². The predicted molar refractivity (Wildman–Crippen MR) is 75.7 cm³/mol. The van der Waals surface area contributed by atoms with Crippen LogP contribution in [0.15, 0.2) is 0 Å². The van der Waals surface area contributed by atoms with Crippen LogP contribution in [0.3, 0.4) is 0 Å². The first-order chi connectivity index (χ1) is 10.2. The van der Waals surface area contributed by atoms with Gasteiger partial charge in [-0.05, 0) is 19.4 Å². The molecule has 10 N–H and O–H groups in total. The summed E-state index contributed by atoms with van der Waals surface area (Å²) in [7, 11) is 0. The summed E-state index contributed by atoms with van der Waals surface area (Å²) in [4.78, 5) is 20.0. The molecule has 0 spiro atoms. The second kappa shape index (κ2) is 13.5. The summed E-state index contributed by atoms with van der Waals surface area (Å²) >= 11 is 0. The van der Waals surface area contributed by atoms with Gasteiger partial charge in [0.15, 0.2) is 6.29 Å². The molecule has 132 valence electrons. The van der Waals surface area contributed by atoms with Crippen LogP contribution in [-0.4, -0.2) is 86.5 Å². The molecule has 0 aliphatic heterocycles. The molecule has 5 unspecified atom stereocenters. The van der Waals surface area contributed by atoms with Crippen LogP contribution in [0, 0.1) is 0 Å². The number of hydrogen-bond donors (Lipinski definition) is 8. The van der Waals surface area contributed by atoms with Crippen molar-refractivity contribution in [2.75, 3.05) is 13.2 Å². The molecular formula is C12H26N2O8. The highest BCUT2D eigenvalue weighted by Gasteiger charge is 2.29. The van der Waals surface area contributed by atoms with E-state index in [-0.39, 0.29) is 6.29 Å². The number of aliphatic carboxylic acids is 1. The molecule has 0 aromatic carbocycles. The van der Waals surface area contributed by atoms with Crippen LogP contribution >= 0.6 is 0 Å². The highest BCUT2D eigenvalue weighted by Crippen LogP contribution is 2.03. The number of aldehydes is 1. The number of carbonyl (C=O) groups excluding carboxylic acids is 1. The number of nitrogens with two attached hydrogens (primary N) is 2. The van der Waals surface area contributed by atoms with Crippen LogP contribution in [0.5, 0.6) is 0 Å². The second-order valence-electron chi connectivity index (χ2n) is 4.59. The van der Waals surface area contributed by atoms with Gasteiger partial charge in [0.2, 0.25) is 0 Å². The van der Waals surface area contributed by atoms with Gasteiger partial charge in [-0.2, -0.15) is 0 Å². The summed E-state index contributed by atoms with van der Waals surface area (Å²) in [6.45, 7) is -0.157. The van der Waals surface area contributed by atoms with Gasteiger partial charge in [0.05, 0.1) is 6.61 Å². The number of rotatable bonds is 10. The first kappa shape index (κ1) is 23.1. The van der Waals surface area contributed by atoms with Crippen LogP contribution in [0.25, 0.3) is 0 Å². The van der Waals surface area contributed by atoms with E-state index in [1.165, 1.54) is 0 Å². The maximum atomic E-state index is 10.1. The van der Waals surface area contributed by atoms with Gasteiger partial charge in [-0.1, -0.05) is 6.42 Å². The molecule has 0 rings (SSSR count). The summed E-state index contributed by atoms with van der Waals surface area (Å²) in [5, 5.41) is 51.9. The van der Waals surface area contributed by atoms with E-state index in [2.05, 4.69) is 0 Å². The number of unbranched alkanes of at least 4 members (excludes halogenated alkanes) is 1. The molecule has 0 aliphatic carbocycles. The predicted octanol–water partition coefficient (Wildman–Crippen LogP) is -3.85. The summed E-state index contributed by atoms with van der Waals surface area (Å²) in [6.07, 6.45) is -4.68. The average molecular weight is 326 g/mol. The van der Waals surface area contributed by atoms with E-state index in [9.17, 15) is 9.59 Å². The SMILES string of the molecule is NCCCCC(N)C(=O)O.O=CC(O)C(O)C(O)C(O)CO. The van der Waals surface area contributed by atoms with Crippen molar-refractivity contribution < 1.29 is 40.2 Å². The first-order valence-electron chi connectivity index (χ1n) is 6.69. The Balaban J connectivity index is 0. The molecule has 0 aromatic rings. The van der Waals surface area contributed by atoms with Crippen molar-refractivity contribution in [3.05, 3.63) is 0 Å². The molecule has 10 nitrogen and oxygen atoms in total. The Morgan fingerprint density at radius 1 is 1.09 bits per heavy atom. The molecule has 0 saturated heterocycles. The molecular weight excluding hydrogens is 300 g/mol. The van der Waals surface area contributed by atoms with Crippen LogP contribution < -0.4 is 11.5 Å². The molecule has 0 aromatic heterocycles. The summed E-state index contributed by atoms with van der Waals surface area (Å²) in [5.41, 5.74) is 10.4. The van der Waals surface area contributed by atoms with Gasteiger partial charge in [0.25, 0.3) is 0 Å². The third kappa shape index (κ3) is 10.6. The van der Waals surface area contributed by atoms with E-state index >= 15 is 0 Å². The van der Waals surface area contributed by atoms with E-state index in [0.717, 1.165) is 12.8 Å². The van der Waals surface area contributed by atoms with Gasteiger partial charge in [0.1, 0.15) is 30.5 Å². The largest absolute Gasteiger partial charge is 0.480 e. The standard InChI is InChI=1S/C6H14N2O2.C6H12O6/c7-4-2-1-3-5(8)6(9)10;7-1-3(9)5(11)6(12)4(10)2-8/h5H,1-4,7-8H2,(H,9,10);1,3-6,8-12H,2H2. The second-order valence-corrected chi connectivity index (χ2v) is 4.59. The Hall–Kier alpha value is -1.14. The zero-order valence-corrected chi connectivity index (χ0v) is 12.2. The normalized spacial score (nSPS) is 17.4. The molecule has 0 saturated carbocycles. The molecule has 0 aliphatic rings. The molecule has 0 heterocycles. The molecule has 0 fully saturated rings. The monoisotopic (exact) mass is 326 g/mol. The van der Waals surface area contributed by atoms with Crippen molar-refractivity contribution in [3.63, 3.8) is 0 Å². The minimum absolute atomic E-state index is 0.0258. The summed E-state index contributed by atoms with van der Waals surface area (Å²) in [5.74, 6) is -0.933. The Labute approximate surface area is 128 Å². The van der Waals surface area contributed by atoms with Crippen LogP contribution in [-0.2, 0) is 9.59 Å². The lowest BCUT2D eigenvalue weighted by molar-refractivity contribution is -0.138. The average Bonchev–Trinajstić information content (AvgIpc) is 2.52. The van der Waals surface area contributed by atoms with Gasteiger partial charge in [-0.15, -0.1) is 0 Å². The van der Waals surface area contributed by atoms with Gasteiger partial charge in [-0.25, -0.2) is 0 Å².